The highest BCUT2D eigenvalue weighted by Gasteiger charge is 2.17. The molecule has 0 aromatic heterocycles. The molecule has 1 aliphatic carbocycles. The average Bonchev–Trinajstić information content (AvgIpc) is 2.88. The van der Waals surface area contributed by atoms with Crippen molar-refractivity contribution in [3.05, 3.63) is 35.4 Å². The Hall–Kier alpha value is -0.860. The zero-order valence-corrected chi connectivity index (χ0v) is 12.7. The average molecular weight is 261 g/mol. The van der Waals surface area contributed by atoms with Crippen molar-refractivity contribution in [2.24, 2.45) is 0 Å². The van der Waals surface area contributed by atoms with Crippen LogP contribution in [0, 0.1) is 0 Å². The number of benzene rings is 1. The third-order valence-corrected chi connectivity index (χ3v) is 3.99. The highest BCUT2D eigenvalue weighted by atomic mass is 16.7. The third kappa shape index (κ3) is 4.05. The van der Waals surface area contributed by atoms with E-state index >= 15 is 0 Å². The molecule has 1 atom stereocenters. The van der Waals surface area contributed by atoms with E-state index in [0.29, 0.717) is 6.10 Å². The van der Waals surface area contributed by atoms with Crippen LogP contribution in [0.4, 0.5) is 0 Å². The second-order valence-electron chi connectivity index (χ2n) is 6.74. The Morgan fingerprint density at radius 1 is 1.11 bits per heavy atom. The second-order valence-corrected chi connectivity index (χ2v) is 6.74. The van der Waals surface area contributed by atoms with E-state index in [4.69, 9.17) is 4.84 Å². The molecule has 0 spiro atoms. The van der Waals surface area contributed by atoms with E-state index in [1.54, 1.807) is 0 Å². The van der Waals surface area contributed by atoms with Crippen LogP contribution in [-0.2, 0) is 10.3 Å². The molecule has 2 nitrogen and oxygen atoms in total. The zero-order chi connectivity index (χ0) is 13.9. The summed E-state index contributed by atoms with van der Waals surface area (Å²) in [5, 5.41) is 0. The molecule has 0 bridgehead atoms. The van der Waals surface area contributed by atoms with Crippen LogP contribution in [0.25, 0.3) is 0 Å². The number of rotatable bonds is 4. The Labute approximate surface area is 117 Å². The van der Waals surface area contributed by atoms with Crippen molar-refractivity contribution in [3.8, 4) is 0 Å². The Morgan fingerprint density at radius 3 is 2.21 bits per heavy atom. The fourth-order valence-electron chi connectivity index (χ4n) is 2.54. The lowest BCUT2D eigenvalue weighted by Crippen LogP contribution is -2.24. The largest absolute Gasteiger partial charge is 0.298 e. The monoisotopic (exact) mass is 261 g/mol. The van der Waals surface area contributed by atoms with Crippen LogP contribution < -0.4 is 5.48 Å². The van der Waals surface area contributed by atoms with E-state index in [9.17, 15) is 0 Å². The maximum atomic E-state index is 5.77. The molecule has 2 heteroatoms. The maximum Gasteiger partial charge on any atom is 0.0790 e. The molecule has 106 valence electrons. The predicted molar refractivity (Wildman–Crippen MR) is 80.0 cm³/mol. The first kappa shape index (κ1) is 14.5. The first-order valence-electron chi connectivity index (χ1n) is 7.48. The molecule has 1 aromatic rings. The molecule has 0 aliphatic heterocycles. The second kappa shape index (κ2) is 6.06. The van der Waals surface area contributed by atoms with Crippen molar-refractivity contribution in [2.45, 2.75) is 70.9 Å². The van der Waals surface area contributed by atoms with Gasteiger partial charge in [-0.1, -0.05) is 57.9 Å². The molecule has 1 fully saturated rings. The summed E-state index contributed by atoms with van der Waals surface area (Å²) in [5.41, 5.74) is 6.08. The standard InChI is InChI=1S/C17H27NO/c1-13(18-19-16-7-5-6-8-16)14-9-11-15(12-10-14)17(2,3)4/h9-13,16,18H,5-8H2,1-4H3. The van der Waals surface area contributed by atoms with Gasteiger partial charge >= 0.3 is 0 Å². The molecular formula is C17H27NO. The van der Waals surface area contributed by atoms with Gasteiger partial charge in [0.05, 0.1) is 12.1 Å². The molecule has 1 saturated carbocycles. The Morgan fingerprint density at radius 2 is 1.68 bits per heavy atom. The summed E-state index contributed by atoms with van der Waals surface area (Å²) in [6.07, 6.45) is 5.42. The zero-order valence-electron chi connectivity index (χ0n) is 12.7. The number of hydroxylamine groups is 1. The SMILES string of the molecule is CC(NOC1CCCC1)c1ccc(C(C)(C)C)cc1. The molecule has 1 N–H and O–H groups in total. The van der Waals surface area contributed by atoms with Gasteiger partial charge < -0.3 is 0 Å². The van der Waals surface area contributed by atoms with Gasteiger partial charge in [0.2, 0.25) is 0 Å². The molecule has 0 heterocycles. The van der Waals surface area contributed by atoms with Gasteiger partial charge in [0.25, 0.3) is 0 Å². The van der Waals surface area contributed by atoms with Gasteiger partial charge in [-0.3, -0.25) is 4.84 Å². The van der Waals surface area contributed by atoms with Crippen molar-refractivity contribution >= 4 is 0 Å². The van der Waals surface area contributed by atoms with Crippen molar-refractivity contribution in [3.63, 3.8) is 0 Å². The lowest BCUT2D eigenvalue weighted by molar-refractivity contribution is -0.0376. The molecule has 19 heavy (non-hydrogen) atoms. The highest BCUT2D eigenvalue weighted by Crippen LogP contribution is 2.25. The van der Waals surface area contributed by atoms with Crippen molar-refractivity contribution in [1.29, 1.82) is 0 Å². The van der Waals surface area contributed by atoms with Crippen LogP contribution in [-0.4, -0.2) is 6.10 Å². The van der Waals surface area contributed by atoms with Crippen molar-refractivity contribution in [2.75, 3.05) is 0 Å². The molecule has 0 radical (unpaired) electrons. The van der Waals surface area contributed by atoms with Gasteiger partial charge in [0.15, 0.2) is 0 Å². The van der Waals surface area contributed by atoms with Crippen LogP contribution in [0.15, 0.2) is 24.3 Å². The summed E-state index contributed by atoms with van der Waals surface area (Å²) >= 11 is 0. The normalized spacial score (nSPS) is 18.7. The molecule has 0 amide bonds. The fourth-order valence-corrected chi connectivity index (χ4v) is 2.54. The smallest absolute Gasteiger partial charge is 0.0790 e. The lowest BCUT2D eigenvalue weighted by Gasteiger charge is -2.21. The van der Waals surface area contributed by atoms with E-state index in [0.717, 1.165) is 0 Å². The quantitative estimate of drug-likeness (QED) is 0.805. The predicted octanol–water partition coefficient (Wildman–Crippen LogP) is 4.51. The molecule has 1 aromatic carbocycles. The minimum atomic E-state index is 0.218. The Bertz CT molecular complexity index is 385. The van der Waals surface area contributed by atoms with E-state index < -0.39 is 0 Å². The summed E-state index contributed by atoms with van der Waals surface area (Å²) in [5.74, 6) is 0. The summed E-state index contributed by atoms with van der Waals surface area (Å²) in [6, 6.07) is 9.10. The summed E-state index contributed by atoms with van der Waals surface area (Å²) < 4.78 is 0. The molecule has 2 rings (SSSR count). The maximum absolute atomic E-state index is 5.77. The molecular weight excluding hydrogens is 234 g/mol. The highest BCUT2D eigenvalue weighted by molar-refractivity contribution is 5.28. The minimum absolute atomic E-state index is 0.218. The summed E-state index contributed by atoms with van der Waals surface area (Å²) in [6.45, 7) is 8.88. The van der Waals surface area contributed by atoms with Gasteiger partial charge in [-0.2, -0.15) is 5.48 Å². The number of hydrogen-bond acceptors (Lipinski definition) is 2. The van der Waals surface area contributed by atoms with Crippen LogP contribution in [0.5, 0.6) is 0 Å². The third-order valence-electron chi connectivity index (χ3n) is 3.99. The van der Waals surface area contributed by atoms with E-state index in [-0.39, 0.29) is 11.5 Å². The van der Waals surface area contributed by atoms with Crippen LogP contribution >= 0.6 is 0 Å². The Balaban J connectivity index is 1.89. The van der Waals surface area contributed by atoms with Crippen LogP contribution in [0.2, 0.25) is 0 Å². The van der Waals surface area contributed by atoms with Gasteiger partial charge in [0, 0.05) is 0 Å². The van der Waals surface area contributed by atoms with Gasteiger partial charge in [-0.25, -0.2) is 0 Å². The van der Waals surface area contributed by atoms with Gasteiger partial charge in [0.1, 0.15) is 0 Å². The van der Waals surface area contributed by atoms with Gasteiger partial charge in [-0.05, 0) is 36.3 Å². The molecule has 1 unspecified atom stereocenters. The number of hydrogen-bond donors (Lipinski definition) is 1. The van der Waals surface area contributed by atoms with E-state index in [2.05, 4.69) is 57.4 Å². The first-order valence-corrected chi connectivity index (χ1v) is 7.48. The van der Waals surface area contributed by atoms with Crippen molar-refractivity contribution in [1.82, 2.24) is 5.48 Å². The molecule has 1 aliphatic rings. The first-order chi connectivity index (χ1) is 8.97. The Kier molecular flexibility index (Phi) is 4.64. The van der Waals surface area contributed by atoms with E-state index in [1.807, 2.05) is 0 Å². The minimum Gasteiger partial charge on any atom is -0.298 e. The lowest BCUT2D eigenvalue weighted by atomic mass is 9.86. The van der Waals surface area contributed by atoms with Crippen LogP contribution in [0.1, 0.15) is 70.5 Å². The summed E-state index contributed by atoms with van der Waals surface area (Å²) in [4.78, 5) is 5.77. The van der Waals surface area contributed by atoms with Crippen LogP contribution in [0.3, 0.4) is 0 Å². The topological polar surface area (TPSA) is 21.3 Å². The van der Waals surface area contributed by atoms with Crippen molar-refractivity contribution < 1.29 is 4.84 Å². The van der Waals surface area contributed by atoms with Gasteiger partial charge in [-0.15, -0.1) is 0 Å². The fraction of sp³-hybridized carbons (Fsp3) is 0.647. The molecule has 0 saturated heterocycles. The number of nitrogens with one attached hydrogen (secondary N) is 1. The van der Waals surface area contributed by atoms with E-state index in [1.165, 1.54) is 36.8 Å². The summed E-state index contributed by atoms with van der Waals surface area (Å²) in [7, 11) is 0.